The molecule has 0 radical (unpaired) electrons. The van der Waals surface area contributed by atoms with E-state index in [9.17, 15) is 0 Å². The van der Waals surface area contributed by atoms with E-state index in [1.807, 2.05) is 69.0 Å². The highest BCUT2D eigenvalue weighted by atomic mass is 15.0. The Morgan fingerprint density at radius 1 is 0.304 bits per heavy atom. The number of nitrogens with zero attached hydrogens (tertiary/aromatic N) is 15. The summed E-state index contributed by atoms with van der Waals surface area (Å²) < 4.78 is 8.45. The van der Waals surface area contributed by atoms with Crippen molar-refractivity contribution < 1.29 is 18.3 Å². The van der Waals surface area contributed by atoms with Gasteiger partial charge in [0.05, 0.1) is 73.6 Å². The van der Waals surface area contributed by atoms with Crippen molar-refractivity contribution in [3.63, 3.8) is 0 Å². The standard InChI is InChI=1S/C20H18N3.3C19H17N4/c1-14-5-3-4-6-16(14)20-18-8-7-17(15-9-11-21-12-10-15)19(18)22-13-23(20)2;1-13-6-3-4-7-14(13)18-15-8-9-16(17(15)22-12-23(18)2)19-20-10-5-11-21-19;1-13-5-3-4-6-14(13)19-16-8-7-15(17-11-20-9-10-21-17)18(16)22-12-23(19)2;1-13-5-3-4-6-14(13)19-16-8-7-15(17-9-10-20-11-21-17)18(16)22-12-23(19)2/h3-7,9-13H,8H2,1-2H3;3*3-7,9-12H,8H2,1-2H3/q4*+1. The smallest absolute Gasteiger partial charge is 0.265 e. The molecule has 0 unspecified atom stereocenters. The first-order valence-electron chi connectivity index (χ1n) is 30.8. The van der Waals surface area contributed by atoms with E-state index >= 15 is 0 Å². The second-order valence-electron chi connectivity index (χ2n) is 23.2. The number of hydrogen-bond acceptors (Lipinski definition) is 11. The number of fused-ring (bicyclic) bond motifs is 4. The van der Waals surface area contributed by atoms with Crippen LogP contribution in [0.1, 0.15) is 90.1 Å². The van der Waals surface area contributed by atoms with Crippen molar-refractivity contribution in [2.45, 2.75) is 53.4 Å². The van der Waals surface area contributed by atoms with Crippen LogP contribution in [-0.4, -0.2) is 54.8 Å². The number of aryl methyl sites for hydroxylation is 8. The molecule has 4 aromatic carbocycles. The zero-order valence-electron chi connectivity index (χ0n) is 52.9. The van der Waals surface area contributed by atoms with E-state index in [1.54, 1.807) is 43.5 Å². The minimum Gasteiger partial charge on any atom is -0.265 e. The number of pyridine rings is 1. The van der Waals surface area contributed by atoms with Crippen molar-refractivity contribution in [3.05, 3.63) is 317 Å². The SMILES string of the molecule is Cc1ccccc1-c1c2c(nc[n+]1C)C(c1ccncc1)=CC2.Cc1ccccc1-c1c2c(nc[n+]1C)C(c1ccncn1)=CC2.Cc1ccccc1-c1c2c(nc[n+]1C)C(c1cnccn1)=CC2.Cc1ccccc1-c1c2c(nc[n+]1C)C(c1ncccn1)=CC2. The largest absolute Gasteiger partial charge is 0.287 e. The zero-order valence-corrected chi connectivity index (χ0v) is 52.9. The molecule has 12 aromatic rings. The second kappa shape index (κ2) is 26.3. The van der Waals surface area contributed by atoms with Gasteiger partial charge in [-0.25, -0.2) is 38.2 Å². The molecule has 92 heavy (non-hydrogen) atoms. The monoisotopic (exact) mass is 1200 g/mol. The molecule has 0 aliphatic heterocycles. The fourth-order valence-electron chi connectivity index (χ4n) is 12.9. The maximum Gasteiger partial charge on any atom is 0.287 e. The summed E-state index contributed by atoms with van der Waals surface area (Å²) in [7, 11) is 8.22. The van der Waals surface area contributed by atoms with Crippen molar-refractivity contribution >= 4 is 22.3 Å². The van der Waals surface area contributed by atoms with E-state index in [0.29, 0.717) is 0 Å². The van der Waals surface area contributed by atoms with E-state index in [2.05, 4.69) is 238 Å². The molecule has 0 spiro atoms. The highest BCUT2D eigenvalue weighted by Crippen LogP contribution is 2.39. The summed E-state index contributed by atoms with van der Waals surface area (Å²) in [4.78, 5) is 48.5. The summed E-state index contributed by atoms with van der Waals surface area (Å²) in [5.41, 5.74) is 31.6. The van der Waals surface area contributed by atoms with E-state index < -0.39 is 0 Å². The van der Waals surface area contributed by atoms with Crippen molar-refractivity contribution in [3.8, 4) is 45.0 Å². The Bertz CT molecular complexity index is 4270. The van der Waals surface area contributed by atoms with Gasteiger partial charge in [0.1, 0.15) is 29.1 Å². The van der Waals surface area contributed by atoms with Crippen LogP contribution >= 0.6 is 0 Å². The summed E-state index contributed by atoms with van der Waals surface area (Å²) in [6.45, 7) is 8.60. The average molecular weight is 1200 g/mol. The molecule has 15 nitrogen and oxygen atoms in total. The van der Waals surface area contributed by atoms with Crippen LogP contribution in [0.3, 0.4) is 0 Å². The Kier molecular flexibility index (Phi) is 17.0. The molecule has 0 N–H and O–H groups in total. The molecule has 0 saturated heterocycles. The predicted molar refractivity (Wildman–Crippen MR) is 356 cm³/mol. The molecule has 0 fully saturated rings. The molecule has 0 saturated carbocycles. The molecule has 0 bridgehead atoms. The lowest BCUT2D eigenvalue weighted by Gasteiger charge is -2.10. The van der Waals surface area contributed by atoms with Gasteiger partial charge in [-0.3, -0.25) is 15.0 Å². The van der Waals surface area contributed by atoms with Gasteiger partial charge in [0.2, 0.25) is 0 Å². The lowest BCUT2D eigenvalue weighted by Crippen LogP contribution is -2.33. The molecule has 4 aliphatic rings. The molecule has 8 heterocycles. The lowest BCUT2D eigenvalue weighted by atomic mass is 9.98. The van der Waals surface area contributed by atoms with E-state index in [0.717, 1.165) is 82.4 Å². The number of rotatable bonds is 8. The third-order valence-electron chi connectivity index (χ3n) is 17.3. The summed E-state index contributed by atoms with van der Waals surface area (Å²) in [5.74, 6) is 0.739. The van der Waals surface area contributed by atoms with Gasteiger partial charge in [-0.2, -0.15) is 0 Å². The topological polar surface area (TPSA) is 157 Å². The van der Waals surface area contributed by atoms with E-state index in [4.69, 9.17) is 4.98 Å². The first-order valence-corrected chi connectivity index (χ1v) is 30.8. The Morgan fingerprint density at radius 2 is 0.685 bits per heavy atom. The van der Waals surface area contributed by atoms with Gasteiger partial charge >= 0.3 is 0 Å². The Hall–Kier alpha value is -11.5. The molecular weight excluding hydrogens is 1130 g/mol. The fraction of sp³-hybridized carbons (Fsp3) is 0.156. The molecular formula is C77H69N15+4. The second-order valence-corrected chi connectivity index (χ2v) is 23.2. The van der Waals surface area contributed by atoms with Crippen LogP contribution in [0.15, 0.2) is 227 Å². The third-order valence-corrected chi connectivity index (χ3v) is 17.3. The van der Waals surface area contributed by atoms with Crippen LogP contribution in [0.25, 0.3) is 67.3 Å². The minimum atomic E-state index is 0.739. The van der Waals surface area contributed by atoms with Crippen molar-refractivity contribution in [1.29, 1.82) is 0 Å². The van der Waals surface area contributed by atoms with Crippen molar-refractivity contribution in [2.24, 2.45) is 28.2 Å². The van der Waals surface area contributed by atoms with Crippen LogP contribution in [0.5, 0.6) is 0 Å². The van der Waals surface area contributed by atoms with Gasteiger partial charge in [-0.15, -0.1) is 0 Å². The number of allylic oxidation sites excluding steroid dienone is 4. The Labute approximate surface area is 536 Å². The first kappa shape index (κ1) is 59.5. The number of aromatic nitrogens is 15. The van der Waals surface area contributed by atoms with E-state index in [-0.39, 0.29) is 0 Å². The van der Waals surface area contributed by atoms with Gasteiger partial charge in [-0.05, 0) is 99.7 Å². The van der Waals surface area contributed by atoms with Crippen LogP contribution in [0, 0.1) is 27.7 Å². The van der Waals surface area contributed by atoms with Crippen LogP contribution in [0.2, 0.25) is 0 Å². The van der Waals surface area contributed by atoms with Gasteiger partial charge in [-0.1, -0.05) is 121 Å². The number of benzene rings is 4. The molecule has 8 aromatic heterocycles. The van der Waals surface area contributed by atoms with Crippen molar-refractivity contribution in [2.75, 3.05) is 0 Å². The molecule has 0 atom stereocenters. The van der Waals surface area contributed by atoms with Crippen LogP contribution in [-0.2, 0) is 53.9 Å². The fourth-order valence-corrected chi connectivity index (χ4v) is 12.9. The maximum absolute atomic E-state index is 4.71. The Balaban J connectivity index is 0.000000112. The van der Waals surface area contributed by atoms with Crippen molar-refractivity contribution in [1.82, 2.24) is 54.8 Å². The molecule has 16 rings (SSSR count). The van der Waals surface area contributed by atoms with Crippen LogP contribution < -0.4 is 18.3 Å². The normalized spacial score (nSPS) is 12.9. The van der Waals surface area contributed by atoms with E-state index in [1.165, 1.54) is 101 Å². The summed E-state index contributed by atoms with van der Waals surface area (Å²) in [5, 5.41) is 0. The zero-order chi connectivity index (χ0) is 63.2. The molecule has 15 heteroatoms. The molecule has 4 aliphatic carbocycles. The minimum absolute atomic E-state index is 0.739. The Morgan fingerprint density at radius 3 is 1.09 bits per heavy atom. The average Bonchev–Trinajstić information content (AvgIpc) is 1.66. The van der Waals surface area contributed by atoms with Gasteiger partial charge in [0.25, 0.3) is 25.3 Å². The summed E-state index contributed by atoms with van der Waals surface area (Å²) >= 11 is 0. The third kappa shape index (κ3) is 11.7. The highest BCUT2D eigenvalue weighted by Gasteiger charge is 2.33. The van der Waals surface area contributed by atoms with Gasteiger partial charge < -0.3 is 0 Å². The first-order chi connectivity index (χ1) is 45.0. The predicted octanol–water partition coefficient (Wildman–Crippen LogP) is 11.2. The lowest BCUT2D eigenvalue weighted by molar-refractivity contribution is -0.664. The number of hydrogen-bond donors (Lipinski definition) is 0. The quantitative estimate of drug-likeness (QED) is 0.133. The van der Waals surface area contributed by atoms with Crippen LogP contribution in [0.4, 0.5) is 0 Å². The summed E-state index contributed by atoms with van der Waals surface area (Å²) in [6, 6.07) is 41.8. The van der Waals surface area contributed by atoms with Gasteiger partial charge in [0.15, 0.2) is 28.6 Å². The molecule has 0 amide bonds. The molecule has 448 valence electrons. The highest BCUT2D eigenvalue weighted by molar-refractivity contribution is 5.87. The summed E-state index contributed by atoms with van der Waals surface area (Å²) in [6.07, 6.45) is 35.7. The van der Waals surface area contributed by atoms with Gasteiger partial charge in [0, 0.05) is 108 Å². The maximum atomic E-state index is 4.71.